The van der Waals surface area contributed by atoms with Crippen molar-refractivity contribution in [2.45, 2.75) is 51.4 Å². The maximum absolute atomic E-state index is 12.9. The highest BCUT2D eigenvalue weighted by Crippen LogP contribution is 2.32. The number of rotatable bonds is 6. The lowest BCUT2D eigenvalue weighted by Gasteiger charge is -2.24. The van der Waals surface area contributed by atoms with Gasteiger partial charge in [0.2, 0.25) is 5.91 Å². The van der Waals surface area contributed by atoms with Gasteiger partial charge in [-0.15, -0.1) is 0 Å². The standard InChI is InChI=1S/C24H25F3N4O/c1-17-28-10-13-30(17)12-9-23(32)31-11-3-6-22(31)21-8-7-19(16-29-21)14-18-4-2-5-20(15-18)24(25,26)27/h2,4-5,7-8,10,13,15-16,22H,3,6,9,11-12,14H2,1H3/t22-/m1/s1. The zero-order valence-electron chi connectivity index (χ0n) is 17.8. The maximum atomic E-state index is 12.9. The third kappa shape index (κ3) is 5.00. The quantitative estimate of drug-likeness (QED) is 0.543. The zero-order valence-corrected chi connectivity index (χ0v) is 17.8. The number of nitrogens with zero attached hydrogens (tertiary/aromatic N) is 4. The summed E-state index contributed by atoms with van der Waals surface area (Å²) < 4.78 is 40.8. The first kappa shape index (κ1) is 22.0. The van der Waals surface area contributed by atoms with Gasteiger partial charge in [-0.25, -0.2) is 4.98 Å². The van der Waals surface area contributed by atoms with Gasteiger partial charge in [0.05, 0.1) is 17.3 Å². The number of halogens is 3. The largest absolute Gasteiger partial charge is 0.416 e. The van der Waals surface area contributed by atoms with Crippen molar-refractivity contribution < 1.29 is 18.0 Å². The van der Waals surface area contributed by atoms with Crippen LogP contribution in [0.4, 0.5) is 13.2 Å². The number of pyridine rings is 1. The molecule has 0 radical (unpaired) electrons. The molecular weight excluding hydrogens is 417 g/mol. The molecule has 1 amide bonds. The lowest BCUT2D eigenvalue weighted by Crippen LogP contribution is -2.31. The Bertz CT molecular complexity index is 1080. The number of alkyl halides is 3. The lowest BCUT2D eigenvalue weighted by molar-refractivity contribution is -0.137. The van der Waals surface area contributed by atoms with Gasteiger partial charge in [0.15, 0.2) is 0 Å². The highest BCUT2D eigenvalue weighted by atomic mass is 19.4. The number of aromatic nitrogens is 3. The van der Waals surface area contributed by atoms with Gasteiger partial charge < -0.3 is 9.47 Å². The molecule has 8 heteroatoms. The van der Waals surface area contributed by atoms with E-state index in [1.165, 1.54) is 12.1 Å². The number of likely N-dealkylation sites (tertiary alicyclic amines) is 1. The van der Waals surface area contributed by atoms with Crippen molar-refractivity contribution in [3.63, 3.8) is 0 Å². The van der Waals surface area contributed by atoms with Gasteiger partial charge in [0.1, 0.15) is 5.82 Å². The molecule has 0 bridgehead atoms. The molecule has 1 atom stereocenters. The normalized spacial score (nSPS) is 16.5. The Morgan fingerprint density at radius 3 is 2.69 bits per heavy atom. The average molecular weight is 442 g/mol. The Hall–Kier alpha value is -3.16. The first-order valence-electron chi connectivity index (χ1n) is 10.7. The molecule has 0 saturated carbocycles. The number of imidazole rings is 1. The first-order valence-corrected chi connectivity index (χ1v) is 10.7. The molecule has 3 aromatic rings. The zero-order chi connectivity index (χ0) is 22.7. The van der Waals surface area contributed by atoms with Gasteiger partial charge in [-0.05, 0) is 49.4 Å². The van der Waals surface area contributed by atoms with E-state index in [1.54, 1.807) is 18.5 Å². The van der Waals surface area contributed by atoms with E-state index in [-0.39, 0.29) is 11.9 Å². The molecule has 0 N–H and O–H groups in total. The van der Waals surface area contributed by atoms with Gasteiger partial charge in [0, 0.05) is 38.1 Å². The summed E-state index contributed by atoms with van der Waals surface area (Å²) in [4.78, 5) is 23.5. The topological polar surface area (TPSA) is 51.0 Å². The number of hydrogen-bond donors (Lipinski definition) is 0. The van der Waals surface area contributed by atoms with Crippen LogP contribution in [0.5, 0.6) is 0 Å². The van der Waals surface area contributed by atoms with Crippen LogP contribution in [0.2, 0.25) is 0 Å². The highest BCUT2D eigenvalue weighted by Gasteiger charge is 2.31. The van der Waals surface area contributed by atoms with Crippen LogP contribution in [0.1, 0.15) is 53.5 Å². The SMILES string of the molecule is Cc1nccn1CCC(=O)N1CCC[C@@H]1c1ccc(Cc2cccc(C(F)(F)F)c2)cn1. The van der Waals surface area contributed by atoms with E-state index in [2.05, 4.69) is 9.97 Å². The second kappa shape index (κ2) is 9.14. The van der Waals surface area contributed by atoms with E-state index in [0.29, 0.717) is 31.5 Å². The summed E-state index contributed by atoms with van der Waals surface area (Å²) >= 11 is 0. The fourth-order valence-electron chi connectivity index (χ4n) is 4.20. The van der Waals surface area contributed by atoms with Crippen LogP contribution in [0.3, 0.4) is 0 Å². The molecule has 1 fully saturated rings. The van der Waals surface area contributed by atoms with E-state index >= 15 is 0 Å². The Kier molecular flexibility index (Phi) is 6.30. The molecule has 1 saturated heterocycles. The molecule has 0 spiro atoms. The molecule has 3 heterocycles. The van der Waals surface area contributed by atoms with E-state index in [0.717, 1.165) is 36.0 Å². The van der Waals surface area contributed by atoms with Crippen LogP contribution in [0.25, 0.3) is 0 Å². The van der Waals surface area contributed by atoms with Crippen molar-refractivity contribution in [3.05, 3.63) is 83.2 Å². The molecular formula is C24H25F3N4O. The van der Waals surface area contributed by atoms with E-state index in [1.807, 2.05) is 34.7 Å². The van der Waals surface area contributed by atoms with Gasteiger partial charge in [-0.3, -0.25) is 9.78 Å². The van der Waals surface area contributed by atoms with Gasteiger partial charge in [-0.2, -0.15) is 13.2 Å². The van der Waals surface area contributed by atoms with Gasteiger partial charge in [0.25, 0.3) is 0 Å². The number of amides is 1. The molecule has 32 heavy (non-hydrogen) atoms. The van der Waals surface area contributed by atoms with Crippen molar-refractivity contribution in [1.82, 2.24) is 19.4 Å². The minimum Gasteiger partial charge on any atom is -0.335 e. The van der Waals surface area contributed by atoms with Crippen LogP contribution in [0, 0.1) is 6.92 Å². The third-order valence-electron chi connectivity index (χ3n) is 5.91. The Balaban J connectivity index is 1.40. The molecule has 1 aliphatic heterocycles. The Labute approximate surface area is 184 Å². The van der Waals surface area contributed by atoms with Crippen molar-refractivity contribution in [2.75, 3.05) is 6.54 Å². The first-order chi connectivity index (χ1) is 15.3. The number of hydrogen-bond acceptors (Lipinski definition) is 3. The van der Waals surface area contributed by atoms with Crippen molar-refractivity contribution >= 4 is 5.91 Å². The number of carbonyl (C=O) groups is 1. The fraction of sp³-hybridized carbons (Fsp3) is 0.375. The molecule has 4 rings (SSSR count). The van der Waals surface area contributed by atoms with Crippen LogP contribution in [-0.2, 0) is 23.9 Å². The van der Waals surface area contributed by atoms with Crippen molar-refractivity contribution in [1.29, 1.82) is 0 Å². The summed E-state index contributed by atoms with van der Waals surface area (Å²) in [6.07, 6.45) is 3.50. The monoisotopic (exact) mass is 442 g/mol. The van der Waals surface area contributed by atoms with E-state index in [4.69, 9.17) is 0 Å². The predicted molar refractivity (Wildman–Crippen MR) is 114 cm³/mol. The van der Waals surface area contributed by atoms with Crippen molar-refractivity contribution in [3.8, 4) is 0 Å². The predicted octanol–water partition coefficient (Wildman–Crippen LogP) is 4.95. The Morgan fingerprint density at radius 2 is 2.00 bits per heavy atom. The van der Waals surface area contributed by atoms with Crippen LogP contribution in [0.15, 0.2) is 55.0 Å². The maximum Gasteiger partial charge on any atom is 0.416 e. The van der Waals surface area contributed by atoms with E-state index < -0.39 is 11.7 Å². The highest BCUT2D eigenvalue weighted by molar-refractivity contribution is 5.77. The molecule has 0 aliphatic carbocycles. The molecule has 168 valence electrons. The van der Waals surface area contributed by atoms with Gasteiger partial charge >= 0.3 is 6.18 Å². The molecule has 2 aromatic heterocycles. The van der Waals surface area contributed by atoms with Crippen molar-refractivity contribution in [2.24, 2.45) is 0 Å². The summed E-state index contributed by atoms with van der Waals surface area (Å²) in [5.41, 5.74) is 1.59. The Morgan fingerprint density at radius 1 is 1.16 bits per heavy atom. The second-order valence-corrected chi connectivity index (χ2v) is 8.13. The number of aryl methyl sites for hydroxylation is 2. The number of benzene rings is 1. The van der Waals surface area contributed by atoms with E-state index in [9.17, 15) is 18.0 Å². The van der Waals surface area contributed by atoms with Crippen LogP contribution < -0.4 is 0 Å². The van der Waals surface area contributed by atoms with Crippen LogP contribution >= 0.6 is 0 Å². The minimum absolute atomic E-state index is 0.0611. The summed E-state index contributed by atoms with van der Waals surface area (Å²) in [5, 5.41) is 0. The fourth-order valence-corrected chi connectivity index (χ4v) is 4.20. The lowest BCUT2D eigenvalue weighted by atomic mass is 10.0. The molecule has 1 aliphatic rings. The molecule has 5 nitrogen and oxygen atoms in total. The molecule has 0 unspecified atom stereocenters. The second-order valence-electron chi connectivity index (χ2n) is 8.13. The summed E-state index contributed by atoms with van der Waals surface area (Å²) in [6.45, 7) is 3.21. The molecule has 1 aromatic carbocycles. The minimum atomic E-state index is -4.35. The smallest absolute Gasteiger partial charge is 0.335 e. The average Bonchev–Trinajstić information content (AvgIpc) is 3.41. The third-order valence-corrected chi connectivity index (χ3v) is 5.91. The summed E-state index contributed by atoms with van der Waals surface area (Å²) in [6, 6.07) is 9.07. The van der Waals surface area contributed by atoms with Gasteiger partial charge in [-0.1, -0.05) is 24.3 Å². The number of carbonyl (C=O) groups excluding carboxylic acids is 1. The summed E-state index contributed by atoms with van der Waals surface area (Å²) in [5.74, 6) is 0.976. The summed E-state index contributed by atoms with van der Waals surface area (Å²) in [7, 11) is 0. The van der Waals surface area contributed by atoms with Crippen LogP contribution in [-0.4, -0.2) is 31.9 Å².